The van der Waals surface area contributed by atoms with Gasteiger partial charge in [-0.1, -0.05) is 62.4 Å². The van der Waals surface area contributed by atoms with Gasteiger partial charge in [-0.2, -0.15) is 0 Å². The van der Waals surface area contributed by atoms with E-state index in [0.29, 0.717) is 29.7 Å². The van der Waals surface area contributed by atoms with Gasteiger partial charge in [-0.15, -0.1) is 0 Å². The molecule has 0 bridgehead atoms. The van der Waals surface area contributed by atoms with Gasteiger partial charge in [-0.3, -0.25) is 4.98 Å². The Hall–Kier alpha value is -3.65. The van der Waals surface area contributed by atoms with Crippen LogP contribution < -0.4 is 0 Å². The number of para-hydroxylation sites is 1. The molecule has 162 valence electrons. The molecule has 0 spiro atoms. The van der Waals surface area contributed by atoms with Crippen LogP contribution in [0.2, 0.25) is 0 Å². The lowest BCUT2D eigenvalue weighted by Crippen LogP contribution is -2.00. The zero-order valence-corrected chi connectivity index (χ0v) is 18.8. The normalized spacial score (nSPS) is 14.5. The lowest BCUT2D eigenvalue weighted by atomic mass is 9.90. The molecule has 0 saturated carbocycles. The van der Waals surface area contributed by atoms with Gasteiger partial charge in [0, 0.05) is 28.0 Å². The first-order chi connectivity index (χ1) is 17.7. The van der Waals surface area contributed by atoms with Crippen LogP contribution in [0.15, 0.2) is 83.4 Å². The number of hydrogen-bond acceptors (Lipinski definition) is 2. The molecule has 6 rings (SSSR count). The van der Waals surface area contributed by atoms with Crippen molar-refractivity contribution in [1.29, 1.82) is 0 Å². The molecule has 0 aliphatic heterocycles. The molecule has 0 aliphatic carbocycles. The van der Waals surface area contributed by atoms with E-state index in [9.17, 15) is 0 Å². The highest BCUT2D eigenvalue weighted by Crippen LogP contribution is 2.39. The van der Waals surface area contributed by atoms with Crippen molar-refractivity contribution in [2.45, 2.75) is 39.4 Å². The van der Waals surface area contributed by atoms with Crippen LogP contribution in [-0.4, -0.2) is 4.98 Å². The van der Waals surface area contributed by atoms with Crippen LogP contribution in [0.4, 0.5) is 0 Å². The van der Waals surface area contributed by atoms with Crippen molar-refractivity contribution in [3.63, 3.8) is 0 Å². The molecule has 0 unspecified atom stereocenters. The SMILES string of the molecule is [2H]C([2H])([2H])c1cnc(-c2cccc3c2oc2cc4c(ccc5ccccc54)cc23)cc1C([2H])(CC)CC. The maximum atomic E-state index is 9.04. The van der Waals surface area contributed by atoms with E-state index in [1.807, 2.05) is 44.2 Å². The monoisotopic (exact) mass is 433 g/mol. The van der Waals surface area contributed by atoms with Gasteiger partial charge in [0.05, 0.1) is 5.69 Å². The van der Waals surface area contributed by atoms with E-state index >= 15 is 0 Å². The Kier molecular flexibility index (Phi) is 3.76. The lowest BCUT2D eigenvalue weighted by Gasteiger charge is -2.16. The van der Waals surface area contributed by atoms with Gasteiger partial charge < -0.3 is 4.42 Å². The van der Waals surface area contributed by atoms with Crippen molar-refractivity contribution in [3.8, 4) is 11.3 Å². The average Bonchev–Trinajstić information content (AvgIpc) is 3.28. The van der Waals surface area contributed by atoms with Crippen molar-refractivity contribution in [3.05, 3.63) is 90.1 Å². The Morgan fingerprint density at radius 3 is 2.52 bits per heavy atom. The van der Waals surface area contributed by atoms with Crippen LogP contribution in [0.25, 0.3) is 54.7 Å². The molecule has 33 heavy (non-hydrogen) atoms. The molecule has 2 aromatic heterocycles. The molecule has 2 heterocycles. The molecule has 0 saturated heterocycles. The molecule has 0 radical (unpaired) electrons. The van der Waals surface area contributed by atoms with Gasteiger partial charge in [0.15, 0.2) is 0 Å². The molecule has 0 N–H and O–H groups in total. The number of aryl methyl sites for hydroxylation is 1. The molecule has 2 heteroatoms. The van der Waals surface area contributed by atoms with E-state index in [0.717, 1.165) is 32.7 Å². The Balaban J connectivity index is 1.61. The van der Waals surface area contributed by atoms with E-state index in [4.69, 9.17) is 9.90 Å². The van der Waals surface area contributed by atoms with Gasteiger partial charge in [0.1, 0.15) is 11.2 Å². The molecule has 0 aliphatic rings. The van der Waals surface area contributed by atoms with Crippen LogP contribution >= 0.6 is 0 Å². The van der Waals surface area contributed by atoms with Gasteiger partial charge in [-0.05, 0) is 82.5 Å². The van der Waals surface area contributed by atoms with E-state index in [-0.39, 0.29) is 5.56 Å². The van der Waals surface area contributed by atoms with Crippen LogP contribution in [0, 0.1) is 6.85 Å². The van der Waals surface area contributed by atoms with Crippen LogP contribution in [0.5, 0.6) is 0 Å². The summed E-state index contributed by atoms with van der Waals surface area (Å²) in [7, 11) is 0. The summed E-state index contributed by atoms with van der Waals surface area (Å²) >= 11 is 0. The number of pyridine rings is 1. The molecule has 0 amide bonds. The number of rotatable bonds is 4. The van der Waals surface area contributed by atoms with Gasteiger partial charge in [0.25, 0.3) is 0 Å². The second-order valence-corrected chi connectivity index (χ2v) is 8.57. The van der Waals surface area contributed by atoms with Crippen molar-refractivity contribution < 1.29 is 9.90 Å². The van der Waals surface area contributed by atoms with E-state index in [2.05, 4.69) is 41.4 Å². The Morgan fingerprint density at radius 2 is 1.67 bits per heavy atom. The first kappa shape index (κ1) is 16.0. The van der Waals surface area contributed by atoms with Crippen LogP contribution in [-0.2, 0) is 0 Å². The molecule has 4 aromatic carbocycles. The summed E-state index contributed by atoms with van der Waals surface area (Å²) in [5.74, 6) is -1.01. The summed E-state index contributed by atoms with van der Waals surface area (Å²) in [6, 6.07) is 24.7. The van der Waals surface area contributed by atoms with E-state index < -0.39 is 12.7 Å². The summed E-state index contributed by atoms with van der Waals surface area (Å²) in [5, 5.41) is 6.65. The second-order valence-electron chi connectivity index (χ2n) is 8.57. The summed E-state index contributed by atoms with van der Waals surface area (Å²) in [5.41, 5.74) is 3.55. The average molecular weight is 434 g/mol. The molecule has 2 nitrogen and oxygen atoms in total. The predicted molar refractivity (Wildman–Crippen MR) is 140 cm³/mol. The highest BCUT2D eigenvalue weighted by Gasteiger charge is 2.17. The number of hydrogen-bond donors (Lipinski definition) is 0. The first-order valence-electron chi connectivity index (χ1n) is 13.5. The maximum Gasteiger partial charge on any atom is 0.144 e. The van der Waals surface area contributed by atoms with Crippen molar-refractivity contribution in [1.82, 2.24) is 4.98 Å². The summed E-state index contributed by atoms with van der Waals surface area (Å²) in [6.07, 6.45) is 2.44. The fraction of sp³-hybridized carbons (Fsp3) is 0.194. The second kappa shape index (κ2) is 7.74. The zero-order chi connectivity index (χ0) is 25.9. The molecule has 6 aromatic rings. The van der Waals surface area contributed by atoms with E-state index in [1.165, 1.54) is 17.0 Å². The predicted octanol–water partition coefficient (Wildman–Crippen LogP) is 9.17. The Bertz CT molecular complexity index is 1810. The fourth-order valence-corrected chi connectivity index (χ4v) is 5.03. The smallest absolute Gasteiger partial charge is 0.144 e. The van der Waals surface area contributed by atoms with Crippen molar-refractivity contribution in [2.75, 3.05) is 0 Å². The largest absolute Gasteiger partial charge is 0.455 e. The molecular weight excluding hydrogens is 402 g/mol. The van der Waals surface area contributed by atoms with E-state index in [1.54, 1.807) is 6.07 Å². The Labute approximate surface area is 199 Å². The third-order valence-corrected chi connectivity index (χ3v) is 6.78. The summed E-state index contributed by atoms with van der Waals surface area (Å²) in [6.45, 7) is 1.51. The zero-order valence-electron chi connectivity index (χ0n) is 22.8. The number of furan rings is 1. The third kappa shape index (κ3) is 3.13. The van der Waals surface area contributed by atoms with Crippen molar-refractivity contribution >= 4 is 43.5 Å². The number of nitrogens with zero attached hydrogens (tertiary/aromatic N) is 1. The number of fused-ring (bicyclic) bond motifs is 6. The summed E-state index contributed by atoms with van der Waals surface area (Å²) in [4.78, 5) is 4.57. The minimum absolute atomic E-state index is 0.143. The molecular formula is C31H27NO. The quantitative estimate of drug-likeness (QED) is 0.259. The molecule has 0 atom stereocenters. The molecule has 0 fully saturated rings. The topological polar surface area (TPSA) is 26.0 Å². The summed E-state index contributed by atoms with van der Waals surface area (Å²) < 4.78 is 39.6. The standard InChI is InChI=1S/C31H27NO/c1-4-20(5-2)26-16-29(32-18-19(26)3)25-12-8-11-24-28-15-22-14-13-21-9-6-7-10-23(21)27(22)17-30(28)33-31(24)25/h6-18,20H,4-5H2,1-3H3/i3D3,20D. The highest BCUT2D eigenvalue weighted by atomic mass is 16.3. The third-order valence-electron chi connectivity index (χ3n) is 6.78. The van der Waals surface area contributed by atoms with Gasteiger partial charge in [0.2, 0.25) is 0 Å². The maximum absolute atomic E-state index is 9.04. The van der Waals surface area contributed by atoms with Crippen LogP contribution in [0.3, 0.4) is 0 Å². The lowest BCUT2D eigenvalue weighted by molar-refractivity contribution is 0.637. The fourth-order valence-electron chi connectivity index (χ4n) is 5.03. The highest BCUT2D eigenvalue weighted by molar-refractivity contribution is 6.17. The minimum atomic E-state index is -2.34. The number of benzene rings is 4. The Morgan fingerprint density at radius 1 is 0.848 bits per heavy atom. The van der Waals surface area contributed by atoms with Crippen molar-refractivity contribution in [2.24, 2.45) is 0 Å². The first-order valence-corrected chi connectivity index (χ1v) is 11.5. The number of aromatic nitrogens is 1. The van der Waals surface area contributed by atoms with Crippen LogP contribution in [0.1, 0.15) is 49.2 Å². The minimum Gasteiger partial charge on any atom is -0.455 e. The van der Waals surface area contributed by atoms with Gasteiger partial charge >= 0.3 is 0 Å². The van der Waals surface area contributed by atoms with Gasteiger partial charge in [-0.25, -0.2) is 0 Å².